The van der Waals surface area contributed by atoms with E-state index in [0.717, 1.165) is 21.0 Å². The van der Waals surface area contributed by atoms with E-state index in [4.69, 9.17) is 4.42 Å². The van der Waals surface area contributed by atoms with Crippen LogP contribution >= 0.6 is 47.6 Å². The van der Waals surface area contributed by atoms with E-state index in [1.54, 1.807) is 0 Å². The summed E-state index contributed by atoms with van der Waals surface area (Å²) < 4.78 is 6.61. The number of hydrogen-bond donors (Lipinski definition) is 0. The van der Waals surface area contributed by atoms with Gasteiger partial charge in [-0.15, -0.1) is 0 Å². The van der Waals surface area contributed by atoms with Crippen molar-refractivity contribution in [1.82, 2.24) is 0 Å². The summed E-state index contributed by atoms with van der Waals surface area (Å²) in [4.78, 5) is 0. The third-order valence-corrected chi connectivity index (χ3v) is 25.1. The minimum absolute atomic E-state index is 0.446. The van der Waals surface area contributed by atoms with Crippen LogP contribution in [0.2, 0.25) is 0 Å². The molecule has 0 amide bonds. The van der Waals surface area contributed by atoms with Gasteiger partial charge in [-0.05, 0) is 119 Å². The first-order valence-corrected chi connectivity index (χ1v) is 37.8. The number of hydrogen-bond acceptors (Lipinski definition) is 1. The topological polar surface area (TPSA) is 13.1 Å². The van der Waals surface area contributed by atoms with Crippen molar-refractivity contribution in [3.8, 4) is 11.1 Å². The number of para-hydroxylation sites is 1. The zero-order chi connectivity index (χ0) is 64.6. The van der Waals surface area contributed by atoms with E-state index in [1.165, 1.54) is 69.2 Å². The molecule has 0 saturated carbocycles. The van der Waals surface area contributed by atoms with E-state index in [-0.39, 0.29) is 0 Å². The molecule has 6 heteroatoms. The molecular formula is C88H75BrOP4. The highest BCUT2D eigenvalue weighted by molar-refractivity contribution is 9.10. The molecule has 15 rings (SSSR count). The molecule has 0 unspecified atom stereocenters. The van der Waals surface area contributed by atoms with Crippen LogP contribution in [0.25, 0.3) is 22.1 Å². The van der Waals surface area contributed by atoms with Crippen LogP contribution in [0.3, 0.4) is 0 Å². The van der Waals surface area contributed by atoms with Crippen molar-refractivity contribution >= 4 is 122 Å². The molecule has 460 valence electrons. The van der Waals surface area contributed by atoms with Gasteiger partial charge in [0.05, 0.1) is 6.26 Å². The fourth-order valence-electron chi connectivity index (χ4n) is 10.5. The molecule has 0 bridgehead atoms. The van der Waals surface area contributed by atoms with Crippen LogP contribution in [-0.2, 0) is 0 Å². The molecule has 0 radical (unpaired) electrons. The highest BCUT2D eigenvalue weighted by Crippen LogP contribution is 2.36. The lowest BCUT2D eigenvalue weighted by Crippen LogP contribution is -2.20. The summed E-state index contributed by atoms with van der Waals surface area (Å²) >= 11 is 3.44. The van der Waals surface area contributed by atoms with Crippen molar-refractivity contribution in [2.24, 2.45) is 0 Å². The van der Waals surface area contributed by atoms with Crippen LogP contribution in [-0.4, -0.2) is 0 Å². The normalized spacial score (nSPS) is 10.5. The zero-order valence-electron chi connectivity index (χ0n) is 52.9. The molecule has 15 aromatic rings. The molecule has 1 nitrogen and oxygen atoms in total. The average Bonchev–Trinajstić information content (AvgIpc) is 1.71. The molecule has 0 atom stereocenters. The second-order valence-electron chi connectivity index (χ2n) is 21.0. The van der Waals surface area contributed by atoms with Crippen molar-refractivity contribution in [3.63, 3.8) is 0 Å². The molecule has 1 aromatic heterocycles. The minimum Gasteiger partial charge on any atom is -0.464 e. The lowest BCUT2D eigenvalue weighted by molar-refractivity contribution is 0.617. The fourth-order valence-corrected chi connectivity index (χ4v) is 20.0. The Bertz CT molecular complexity index is 3620. The van der Waals surface area contributed by atoms with Crippen molar-refractivity contribution in [2.75, 3.05) is 0 Å². The predicted molar refractivity (Wildman–Crippen MR) is 421 cm³/mol. The summed E-state index contributed by atoms with van der Waals surface area (Å²) in [5.41, 5.74) is 3.25. The van der Waals surface area contributed by atoms with Gasteiger partial charge < -0.3 is 4.42 Å². The molecule has 0 saturated heterocycles. The molecule has 94 heavy (non-hydrogen) atoms. The first-order valence-electron chi connectivity index (χ1n) is 31.7. The largest absolute Gasteiger partial charge is 0.464 e. The maximum Gasteiger partial charge on any atom is 0.134 e. The third-order valence-electron chi connectivity index (χ3n) is 14.8. The smallest absolute Gasteiger partial charge is 0.134 e. The standard InChI is InChI=1S/4C18H15P.C14H9BrO.C2H6/c4*1-4-10-16(11-5-1)19(17-12-6-2-7-13-17)18-14-8-3-9-15-18;15-11-7-5-10(6-8-11)13-9-16-14-4-2-1-3-12(13)14;1-2/h4*1-15H;1-9H;1-2H3. The quantitative estimate of drug-likeness (QED) is 0.105. The summed E-state index contributed by atoms with van der Waals surface area (Å²) in [7, 11) is -1.78. The van der Waals surface area contributed by atoms with Crippen molar-refractivity contribution in [3.05, 3.63) is 423 Å². The Kier molecular flexibility index (Phi) is 27.0. The SMILES string of the molecule is Brc1ccc(-c2coc3ccccc23)cc1.CC.c1ccc(P(c2ccccc2)c2ccccc2)cc1.c1ccc(P(c2ccccc2)c2ccccc2)cc1.c1ccc(P(c2ccccc2)c2ccccc2)cc1.c1ccc(P(c2ccccc2)c2ccccc2)cc1. The molecule has 0 spiro atoms. The second kappa shape index (κ2) is 37.5. The molecule has 0 aliphatic rings. The average molecular weight is 1350 g/mol. The Hall–Kier alpha value is -9.18. The Morgan fingerprint density at radius 2 is 0.372 bits per heavy atom. The Labute approximate surface area is 570 Å². The van der Waals surface area contributed by atoms with Gasteiger partial charge in [-0.25, -0.2) is 0 Å². The number of rotatable bonds is 13. The number of halogens is 1. The van der Waals surface area contributed by atoms with Gasteiger partial charge in [0.2, 0.25) is 0 Å². The van der Waals surface area contributed by atoms with Gasteiger partial charge in [0.1, 0.15) is 5.58 Å². The van der Waals surface area contributed by atoms with E-state index < -0.39 is 31.7 Å². The predicted octanol–water partition coefficient (Wildman–Crippen LogP) is 19.7. The zero-order valence-corrected chi connectivity index (χ0v) is 58.1. The highest BCUT2D eigenvalue weighted by Gasteiger charge is 2.19. The van der Waals surface area contributed by atoms with E-state index in [2.05, 4.69) is 398 Å². The number of furan rings is 1. The first-order chi connectivity index (χ1) is 46.6. The Morgan fingerprint density at radius 3 is 0.564 bits per heavy atom. The lowest BCUT2D eigenvalue weighted by Gasteiger charge is -2.18. The maximum atomic E-state index is 5.52. The van der Waals surface area contributed by atoms with Crippen LogP contribution in [0.15, 0.2) is 428 Å². The van der Waals surface area contributed by atoms with Crippen LogP contribution in [0.4, 0.5) is 0 Å². The lowest BCUT2D eigenvalue weighted by atomic mass is 10.1. The molecule has 0 fully saturated rings. The molecule has 0 N–H and O–H groups in total. The monoisotopic (exact) mass is 1350 g/mol. The first kappa shape index (κ1) is 67.7. The van der Waals surface area contributed by atoms with Crippen LogP contribution in [0.1, 0.15) is 13.8 Å². The summed E-state index contributed by atoms with van der Waals surface area (Å²) in [5.74, 6) is 0. The summed E-state index contributed by atoms with van der Waals surface area (Å²) in [6, 6.07) is 146. The van der Waals surface area contributed by atoms with Gasteiger partial charge in [0, 0.05) is 15.4 Å². The number of benzene rings is 14. The van der Waals surface area contributed by atoms with E-state index in [9.17, 15) is 0 Å². The summed E-state index contributed by atoms with van der Waals surface area (Å²) in [6.07, 6.45) is 1.81. The van der Waals surface area contributed by atoms with Gasteiger partial charge in [-0.1, -0.05) is 424 Å². The maximum absolute atomic E-state index is 5.52. The Balaban J connectivity index is 0.000000127. The summed E-state index contributed by atoms with van der Waals surface area (Å²) in [5, 5.41) is 17.9. The minimum atomic E-state index is -0.446. The van der Waals surface area contributed by atoms with E-state index in [0.29, 0.717) is 0 Å². The Morgan fingerprint density at radius 1 is 0.202 bits per heavy atom. The highest BCUT2D eigenvalue weighted by atomic mass is 79.9. The van der Waals surface area contributed by atoms with Gasteiger partial charge in [0.15, 0.2) is 0 Å². The van der Waals surface area contributed by atoms with Gasteiger partial charge in [-0.3, -0.25) is 0 Å². The summed E-state index contributed by atoms with van der Waals surface area (Å²) in [6.45, 7) is 4.00. The van der Waals surface area contributed by atoms with Crippen molar-refractivity contribution < 1.29 is 4.42 Å². The molecule has 14 aromatic carbocycles. The van der Waals surface area contributed by atoms with Gasteiger partial charge in [-0.2, -0.15) is 0 Å². The molecule has 0 aliphatic carbocycles. The van der Waals surface area contributed by atoms with Crippen LogP contribution in [0, 0.1) is 0 Å². The molecule has 0 aliphatic heterocycles. The molecular weight excluding hydrogens is 1280 g/mol. The van der Waals surface area contributed by atoms with E-state index in [1.807, 2.05) is 50.4 Å². The second-order valence-corrected chi connectivity index (χ2v) is 30.8. The number of fused-ring (bicyclic) bond motifs is 1. The van der Waals surface area contributed by atoms with Crippen LogP contribution in [0.5, 0.6) is 0 Å². The van der Waals surface area contributed by atoms with Gasteiger partial charge >= 0.3 is 0 Å². The fraction of sp³-hybridized carbons (Fsp3) is 0.0227. The van der Waals surface area contributed by atoms with Crippen molar-refractivity contribution in [1.29, 1.82) is 0 Å². The van der Waals surface area contributed by atoms with Crippen molar-refractivity contribution in [2.45, 2.75) is 13.8 Å². The van der Waals surface area contributed by atoms with E-state index >= 15 is 0 Å². The van der Waals surface area contributed by atoms with Crippen LogP contribution < -0.4 is 63.7 Å². The van der Waals surface area contributed by atoms with Gasteiger partial charge in [0.25, 0.3) is 0 Å². The third kappa shape index (κ3) is 19.5. The molecule has 1 heterocycles.